The first-order chi connectivity index (χ1) is 7.80. The summed E-state index contributed by atoms with van der Waals surface area (Å²) in [5, 5.41) is 12.8. The molecule has 0 spiro atoms. The van der Waals surface area contributed by atoms with Crippen LogP contribution in [0.3, 0.4) is 0 Å². The molecule has 0 saturated carbocycles. The molecule has 0 bridgehead atoms. The Bertz CT molecular complexity index is 376. The smallest absolute Gasteiger partial charge is 0.124 e. The third kappa shape index (κ3) is 1.93. The zero-order chi connectivity index (χ0) is 11.5. The highest BCUT2D eigenvalue weighted by molar-refractivity contribution is 5.45. The van der Waals surface area contributed by atoms with Crippen molar-refractivity contribution in [2.45, 2.75) is 32.4 Å². The largest absolute Gasteiger partial charge is 0.496 e. The number of rotatable bonds is 3. The predicted octanol–water partition coefficient (Wildman–Crippen LogP) is 1.78. The minimum Gasteiger partial charge on any atom is -0.496 e. The molecule has 1 unspecified atom stereocenters. The highest BCUT2D eigenvalue weighted by Gasteiger charge is 2.20. The van der Waals surface area contributed by atoms with Crippen LogP contribution < -0.4 is 10.1 Å². The Balaban J connectivity index is 2.46. The molecule has 0 radical (unpaired) electrons. The average molecular weight is 221 g/mol. The van der Waals surface area contributed by atoms with Crippen molar-refractivity contribution < 1.29 is 9.84 Å². The summed E-state index contributed by atoms with van der Waals surface area (Å²) in [7, 11) is 1.65. The van der Waals surface area contributed by atoms with Crippen molar-refractivity contribution in [2.75, 3.05) is 13.7 Å². The van der Waals surface area contributed by atoms with Gasteiger partial charge in [0.05, 0.1) is 13.7 Å². The van der Waals surface area contributed by atoms with E-state index in [-0.39, 0.29) is 6.61 Å². The molecule has 1 heterocycles. The summed E-state index contributed by atoms with van der Waals surface area (Å²) in [6.45, 7) is 3.24. The lowest BCUT2D eigenvalue weighted by Gasteiger charge is -2.27. The zero-order valence-electron chi connectivity index (χ0n) is 9.92. The highest BCUT2D eigenvalue weighted by atomic mass is 16.5. The van der Waals surface area contributed by atoms with Gasteiger partial charge in [0.15, 0.2) is 0 Å². The van der Waals surface area contributed by atoms with Gasteiger partial charge < -0.3 is 15.2 Å². The molecule has 1 aromatic carbocycles. The quantitative estimate of drug-likeness (QED) is 0.817. The van der Waals surface area contributed by atoms with E-state index in [1.807, 2.05) is 0 Å². The van der Waals surface area contributed by atoms with Crippen LogP contribution in [0.2, 0.25) is 0 Å². The van der Waals surface area contributed by atoms with Crippen LogP contribution in [0.5, 0.6) is 5.75 Å². The number of methoxy groups -OCH3 is 1. The Labute approximate surface area is 96.4 Å². The molecule has 16 heavy (non-hydrogen) atoms. The minimum absolute atomic E-state index is 0.0423. The first kappa shape index (κ1) is 11.4. The van der Waals surface area contributed by atoms with Gasteiger partial charge in [-0.2, -0.15) is 0 Å². The second-order valence-electron chi connectivity index (χ2n) is 4.19. The molecular formula is C13H19NO2. The van der Waals surface area contributed by atoms with E-state index >= 15 is 0 Å². The van der Waals surface area contributed by atoms with Gasteiger partial charge in [-0.25, -0.2) is 0 Å². The summed E-state index contributed by atoms with van der Waals surface area (Å²) in [5.41, 5.74) is 3.55. The van der Waals surface area contributed by atoms with Crippen molar-refractivity contribution >= 4 is 0 Å². The van der Waals surface area contributed by atoms with E-state index in [0.717, 1.165) is 30.7 Å². The van der Waals surface area contributed by atoms with Crippen molar-refractivity contribution in [1.29, 1.82) is 0 Å². The van der Waals surface area contributed by atoms with E-state index in [0.29, 0.717) is 6.04 Å². The predicted molar refractivity (Wildman–Crippen MR) is 63.7 cm³/mol. The van der Waals surface area contributed by atoms with E-state index in [1.54, 1.807) is 7.11 Å². The molecule has 3 nitrogen and oxygen atoms in total. The number of benzene rings is 1. The van der Waals surface area contributed by atoms with Gasteiger partial charge in [-0.3, -0.25) is 0 Å². The Hall–Kier alpha value is -1.06. The van der Waals surface area contributed by atoms with E-state index in [1.165, 1.54) is 11.1 Å². The highest BCUT2D eigenvalue weighted by Crippen LogP contribution is 2.31. The molecule has 0 amide bonds. The van der Waals surface area contributed by atoms with E-state index in [9.17, 15) is 5.11 Å². The summed E-state index contributed by atoms with van der Waals surface area (Å²) >= 11 is 0. The van der Waals surface area contributed by atoms with E-state index < -0.39 is 0 Å². The third-order valence-corrected chi connectivity index (χ3v) is 3.28. The van der Waals surface area contributed by atoms with Crippen LogP contribution in [0.4, 0.5) is 0 Å². The van der Waals surface area contributed by atoms with E-state index in [4.69, 9.17) is 4.74 Å². The molecule has 1 aliphatic rings. The Morgan fingerprint density at radius 3 is 2.94 bits per heavy atom. The van der Waals surface area contributed by atoms with Gasteiger partial charge in [0.1, 0.15) is 5.75 Å². The van der Waals surface area contributed by atoms with Gasteiger partial charge in [-0.1, -0.05) is 6.92 Å². The fourth-order valence-corrected chi connectivity index (χ4v) is 2.40. The van der Waals surface area contributed by atoms with Gasteiger partial charge in [-0.15, -0.1) is 0 Å². The molecule has 2 N–H and O–H groups in total. The molecule has 3 heteroatoms. The number of ether oxygens (including phenoxy) is 1. The van der Waals surface area contributed by atoms with Crippen LogP contribution >= 0.6 is 0 Å². The first-order valence-corrected chi connectivity index (χ1v) is 5.84. The second kappa shape index (κ2) is 4.85. The maximum Gasteiger partial charge on any atom is 0.124 e. The van der Waals surface area contributed by atoms with Gasteiger partial charge in [0.25, 0.3) is 0 Å². The van der Waals surface area contributed by atoms with Crippen LogP contribution in [0.25, 0.3) is 0 Å². The standard InChI is InChI=1S/C13H19NO2/c1-3-12-11-7-13(16-2)10(8-15)6-9(11)4-5-14-12/h6-7,12,14-15H,3-5,8H2,1-2H3. The fourth-order valence-electron chi connectivity index (χ4n) is 2.40. The number of hydrogen-bond donors (Lipinski definition) is 2. The van der Waals surface area contributed by atoms with Crippen LogP contribution in [0.1, 0.15) is 36.1 Å². The number of nitrogens with one attached hydrogen (secondary N) is 1. The van der Waals surface area contributed by atoms with Crippen LogP contribution in [-0.4, -0.2) is 18.8 Å². The van der Waals surface area contributed by atoms with Crippen LogP contribution in [0.15, 0.2) is 12.1 Å². The minimum atomic E-state index is 0.0423. The average Bonchev–Trinajstić information content (AvgIpc) is 2.36. The van der Waals surface area contributed by atoms with Gasteiger partial charge in [-0.05, 0) is 42.6 Å². The lowest BCUT2D eigenvalue weighted by Crippen LogP contribution is -2.29. The lowest BCUT2D eigenvalue weighted by atomic mass is 9.91. The maximum absolute atomic E-state index is 9.28. The second-order valence-corrected chi connectivity index (χ2v) is 4.19. The molecule has 0 fully saturated rings. The molecular weight excluding hydrogens is 202 g/mol. The first-order valence-electron chi connectivity index (χ1n) is 5.84. The van der Waals surface area contributed by atoms with Crippen molar-refractivity contribution in [3.8, 4) is 5.75 Å². The topological polar surface area (TPSA) is 41.5 Å². The molecule has 0 aromatic heterocycles. The van der Waals surface area contributed by atoms with Crippen molar-refractivity contribution in [2.24, 2.45) is 0 Å². The molecule has 1 atom stereocenters. The lowest BCUT2D eigenvalue weighted by molar-refractivity contribution is 0.273. The third-order valence-electron chi connectivity index (χ3n) is 3.28. The SMILES string of the molecule is CCC1NCCc2cc(CO)c(OC)cc21. The summed E-state index contributed by atoms with van der Waals surface area (Å²) in [6.07, 6.45) is 2.11. The number of hydrogen-bond acceptors (Lipinski definition) is 3. The Kier molecular flexibility index (Phi) is 3.46. The zero-order valence-corrected chi connectivity index (χ0v) is 9.92. The van der Waals surface area contributed by atoms with Crippen LogP contribution in [-0.2, 0) is 13.0 Å². The molecule has 1 aromatic rings. The fraction of sp³-hybridized carbons (Fsp3) is 0.538. The Morgan fingerprint density at radius 1 is 1.50 bits per heavy atom. The molecule has 0 aliphatic carbocycles. The summed E-state index contributed by atoms with van der Waals surface area (Å²) in [5.74, 6) is 0.795. The van der Waals surface area contributed by atoms with Gasteiger partial charge in [0, 0.05) is 11.6 Å². The molecule has 0 saturated heterocycles. The summed E-state index contributed by atoms with van der Waals surface area (Å²) in [6, 6.07) is 4.57. The van der Waals surface area contributed by atoms with E-state index in [2.05, 4.69) is 24.4 Å². The molecule has 1 aliphatic heterocycles. The number of fused-ring (bicyclic) bond motifs is 1. The monoisotopic (exact) mass is 221 g/mol. The van der Waals surface area contributed by atoms with Crippen LogP contribution in [0, 0.1) is 0 Å². The van der Waals surface area contributed by atoms with Crippen molar-refractivity contribution in [1.82, 2.24) is 5.32 Å². The van der Waals surface area contributed by atoms with Gasteiger partial charge >= 0.3 is 0 Å². The molecule has 88 valence electrons. The summed E-state index contributed by atoms with van der Waals surface area (Å²) in [4.78, 5) is 0. The Morgan fingerprint density at radius 2 is 2.31 bits per heavy atom. The summed E-state index contributed by atoms with van der Waals surface area (Å²) < 4.78 is 5.31. The van der Waals surface area contributed by atoms with Gasteiger partial charge in [0.2, 0.25) is 0 Å². The van der Waals surface area contributed by atoms with Crippen molar-refractivity contribution in [3.63, 3.8) is 0 Å². The number of aliphatic hydroxyl groups excluding tert-OH is 1. The maximum atomic E-state index is 9.28. The van der Waals surface area contributed by atoms with Crippen molar-refractivity contribution in [3.05, 3.63) is 28.8 Å². The molecule has 2 rings (SSSR count). The normalized spacial score (nSPS) is 19.3. The number of aliphatic hydroxyl groups is 1.